The second kappa shape index (κ2) is 10.7. The van der Waals surface area contributed by atoms with Crippen molar-refractivity contribution < 1.29 is 18.7 Å². The van der Waals surface area contributed by atoms with E-state index < -0.39 is 18.5 Å². The van der Waals surface area contributed by atoms with E-state index in [-0.39, 0.29) is 19.0 Å². The Bertz CT molecular complexity index is 754. The lowest BCUT2D eigenvalue weighted by atomic mass is 9.98. The fourth-order valence-corrected chi connectivity index (χ4v) is 6.56. The third-order valence-electron chi connectivity index (χ3n) is 4.05. The molecule has 6 heteroatoms. The van der Waals surface area contributed by atoms with Crippen molar-refractivity contribution in [1.82, 2.24) is 0 Å². The third-order valence-corrected chi connectivity index (χ3v) is 8.42. The van der Waals surface area contributed by atoms with Crippen LogP contribution in [-0.4, -0.2) is 24.5 Å². The summed E-state index contributed by atoms with van der Waals surface area (Å²) < 4.78 is 24.7. The molecule has 0 radical (unpaired) electrons. The zero-order valence-corrected chi connectivity index (χ0v) is 17.6. The Hall–Kier alpha value is -1.52. The number of benzene rings is 2. The quantitative estimate of drug-likeness (QED) is 0.405. The summed E-state index contributed by atoms with van der Waals surface area (Å²) in [6.45, 7) is 4.14. The topological polar surface area (TPSA) is 58.6 Å². The average molecular weight is 405 g/mol. The average Bonchev–Trinajstić information content (AvgIpc) is 2.69. The van der Waals surface area contributed by atoms with Gasteiger partial charge in [0.1, 0.15) is 4.99 Å². The molecule has 0 aliphatic carbocycles. The molecule has 2 aromatic carbocycles. The number of hydrogen-bond acceptors (Lipinski definition) is 5. The van der Waals surface area contributed by atoms with Gasteiger partial charge in [0.05, 0.1) is 13.2 Å². The minimum absolute atomic E-state index is 0.108. The minimum atomic E-state index is -3.42. The van der Waals surface area contributed by atoms with Crippen LogP contribution in [0.5, 0.6) is 0 Å². The van der Waals surface area contributed by atoms with Crippen LogP contribution in [0.3, 0.4) is 0 Å². The minimum Gasteiger partial charge on any atom is -0.872 e. The van der Waals surface area contributed by atoms with E-state index in [1.165, 1.54) is 11.8 Å². The van der Waals surface area contributed by atoms with Gasteiger partial charge in [-0.05, 0) is 31.2 Å². The van der Waals surface area contributed by atoms with Crippen LogP contribution in [0.15, 0.2) is 66.7 Å². The van der Waals surface area contributed by atoms with Gasteiger partial charge in [-0.2, -0.15) is 0 Å². The first-order valence-electron chi connectivity index (χ1n) is 8.96. The highest BCUT2D eigenvalue weighted by Crippen LogP contribution is 2.61. The summed E-state index contributed by atoms with van der Waals surface area (Å²) in [5, 5.41) is 12.9. The molecule has 0 aliphatic heterocycles. The van der Waals surface area contributed by atoms with Gasteiger partial charge in [0.15, 0.2) is 0 Å². The van der Waals surface area contributed by atoms with E-state index >= 15 is 0 Å². The molecule has 0 heterocycles. The third kappa shape index (κ3) is 5.73. The molecule has 0 bridgehead atoms. The predicted molar refractivity (Wildman–Crippen MR) is 112 cm³/mol. The van der Waals surface area contributed by atoms with Gasteiger partial charge in [-0.3, -0.25) is 4.57 Å². The normalized spacial score (nSPS) is 14.7. The Morgan fingerprint density at radius 2 is 1.56 bits per heavy atom. The summed E-state index contributed by atoms with van der Waals surface area (Å²) in [4.78, 5) is -0.521. The largest absolute Gasteiger partial charge is 0.872 e. The number of allylic oxidation sites excluding steroid dienone is 1. The van der Waals surface area contributed by atoms with E-state index in [9.17, 15) is 9.67 Å². The molecule has 2 rings (SSSR count). The SMILES string of the molecule is CCOP(=O)(OCC)C(SC)C(/C=C(\[O-])c1ccccc1)c1ccccc1. The molecule has 0 N–H and O–H groups in total. The standard InChI is InChI=1S/C21H27O4PS/c1-4-24-26(23,25-5-2)21(27-3)19(17-12-8-6-9-13-17)16-20(22)18-14-10-7-11-15-18/h6-16,19,21-22H,4-5H2,1-3H3/p-1/b20-16-. The number of rotatable bonds is 10. The van der Waals surface area contributed by atoms with E-state index in [1.54, 1.807) is 32.1 Å². The summed E-state index contributed by atoms with van der Waals surface area (Å²) in [5.41, 5.74) is 1.50. The Morgan fingerprint density at radius 3 is 2.04 bits per heavy atom. The molecule has 2 unspecified atom stereocenters. The van der Waals surface area contributed by atoms with Crippen molar-refractivity contribution in [1.29, 1.82) is 0 Å². The fraction of sp³-hybridized carbons (Fsp3) is 0.333. The fourth-order valence-electron chi connectivity index (χ4n) is 2.90. The monoisotopic (exact) mass is 405 g/mol. The van der Waals surface area contributed by atoms with E-state index in [0.29, 0.717) is 5.56 Å². The van der Waals surface area contributed by atoms with Gasteiger partial charge in [0.25, 0.3) is 0 Å². The number of hydrogen-bond donors (Lipinski definition) is 0. The van der Waals surface area contributed by atoms with Gasteiger partial charge >= 0.3 is 7.60 Å². The van der Waals surface area contributed by atoms with Crippen molar-refractivity contribution in [3.8, 4) is 0 Å². The van der Waals surface area contributed by atoms with Crippen molar-refractivity contribution in [2.75, 3.05) is 19.5 Å². The van der Waals surface area contributed by atoms with E-state index in [0.717, 1.165) is 5.56 Å². The molecule has 0 fully saturated rings. The molecular weight excluding hydrogens is 379 g/mol. The summed E-state index contributed by atoms with van der Waals surface area (Å²) in [6, 6.07) is 18.7. The van der Waals surface area contributed by atoms with E-state index in [2.05, 4.69) is 0 Å². The van der Waals surface area contributed by atoms with Crippen LogP contribution in [-0.2, 0) is 13.6 Å². The molecule has 2 atom stereocenters. The first-order valence-corrected chi connectivity index (χ1v) is 11.9. The smallest absolute Gasteiger partial charge is 0.344 e. The van der Waals surface area contributed by atoms with Crippen LogP contribution in [0.25, 0.3) is 5.76 Å². The summed E-state index contributed by atoms with van der Waals surface area (Å²) in [7, 11) is -3.42. The van der Waals surface area contributed by atoms with Gasteiger partial charge < -0.3 is 14.2 Å². The van der Waals surface area contributed by atoms with E-state index in [4.69, 9.17) is 9.05 Å². The Kier molecular flexibility index (Phi) is 8.65. The lowest BCUT2D eigenvalue weighted by Gasteiger charge is -2.31. The Balaban J connectivity index is 2.52. The van der Waals surface area contributed by atoms with Crippen molar-refractivity contribution in [2.24, 2.45) is 0 Å². The second-order valence-electron chi connectivity index (χ2n) is 5.84. The molecule has 0 aliphatic rings. The summed E-state index contributed by atoms with van der Waals surface area (Å²) in [6.07, 6.45) is 3.50. The summed E-state index contributed by atoms with van der Waals surface area (Å²) in [5.74, 6) is -0.513. The van der Waals surface area contributed by atoms with Gasteiger partial charge in [-0.25, -0.2) is 0 Å². The van der Waals surface area contributed by atoms with Crippen LogP contribution in [0.4, 0.5) is 0 Å². The molecule has 4 nitrogen and oxygen atoms in total. The molecule has 2 aromatic rings. The van der Waals surface area contributed by atoms with Crippen molar-refractivity contribution in [3.05, 3.63) is 77.9 Å². The maximum atomic E-state index is 13.5. The van der Waals surface area contributed by atoms with Crippen LogP contribution < -0.4 is 5.11 Å². The van der Waals surface area contributed by atoms with E-state index in [1.807, 2.05) is 54.8 Å². The van der Waals surface area contributed by atoms with Crippen LogP contribution >= 0.6 is 19.4 Å². The first-order chi connectivity index (χ1) is 13.1. The first kappa shape index (κ1) is 21.8. The zero-order chi connectivity index (χ0) is 19.7. The molecule has 0 amide bonds. The van der Waals surface area contributed by atoms with Gasteiger partial charge in [-0.15, -0.1) is 17.5 Å². The molecule has 146 valence electrons. The lowest BCUT2D eigenvalue weighted by molar-refractivity contribution is -0.244. The van der Waals surface area contributed by atoms with Crippen LogP contribution in [0, 0.1) is 0 Å². The number of thioether (sulfide) groups is 1. The van der Waals surface area contributed by atoms with Gasteiger partial charge in [0.2, 0.25) is 0 Å². The van der Waals surface area contributed by atoms with Crippen molar-refractivity contribution >= 4 is 25.1 Å². The van der Waals surface area contributed by atoms with Gasteiger partial charge in [0, 0.05) is 5.92 Å². The lowest BCUT2D eigenvalue weighted by Crippen LogP contribution is -2.19. The Morgan fingerprint density at radius 1 is 1.04 bits per heavy atom. The molecule has 0 spiro atoms. The Labute approximate surface area is 166 Å². The highest BCUT2D eigenvalue weighted by atomic mass is 32.2. The molecule has 27 heavy (non-hydrogen) atoms. The van der Waals surface area contributed by atoms with Gasteiger partial charge in [-0.1, -0.05) is 66.7 Å². The zero-order valence-electron chi connectivity index (χ0n) is 15.9. The maximum Gasteiger partial charge on any atom is 0.344 e. The predicted octanol–water partition coefficient (Wildman–Crippen LogP) is 5.13. The summed E-state index contributed by atoms with van der Waals surface area (Å²) >= 11 is 1.40. The molecule has 0 aromatic heterocycles. The van der Waals surface area contributed by atoms with Crippen LogP contribution in [0.1, 0.15) is 30.9 Å². The molecule has 0 saturated heterocycles. The highest BCUT2D eigenvalue weighted by molar-refractivity contribution is 8.04. The van der Waals surface area contributed by atoms with Crippen LogP contribution in [0.2, 0.25) is 0 Å². The molecular formula is C21H26O4PS-. The maximum absolute atomic E-state index is 13.5. The second-order valence-corrected chi connectivity index (χ2v) is 9.32. The highest BCUT2D eigenvalue weighted by Gasteiger charge is 2.40. The van der Waals surface area contributed by atoms with Crippen molar-refractivity contribution in [2.45, 2.75) is 24.8 Å². The molecule has 0 saturated carbocycles. The van der Waals surface area contributed by atoms with Crippen molar-refractivity contribution in [3.63, 3.8) is 0 Å².